The second kappa shape index (κ2) is 7.50. The van der Waals surface area contributed by atoms with Crippen molar-refractivity contribution in [3.63, 3.8) is 0 Å². The third-order valence-corrected chi connectivity index (χ3v) is 4.87. The maximum Gasteiger partial charge on any atom is 0.419 e. The number of rotatable bonds is 6. The molecule has 0 atom stereocenters. The van der Waals surface area contributed by atoms with Gasteiger partial charge >= 0.3 is 6.18 Å². The van der Waals surface area contributed by atoms with E-state index in [1.165, 1.54) is 32.4 Å². The zero-order valence-electron chi connectivity index (χ0n) is 13.7. The second-order valence-electron chi connectivity index (χ2n) is 5.15. The van der Waals surface area contributed by atoms with Crippen LogP contribution in [0.4, 0.5) is 17.6 Å². The number of nitrogens with one attached hydrogen (secondary N) is 1. The number of halogens is 4. The molecule has 0 radical (unpaired) electrons. The molecule has 0 aliphatic carbocycles. The highest BCUT2D eigenvalue weighted by Crippen LogP contribution is 2.32. The smallest absolute Gasteiger partial charge is 0.419 e. The van der Waals surface area contributed by atoms with Crippen molar-refractivity contribution in [2.24, 2.45) is 0 Å². The molecule has 0 fully saturated rings. The number of hydrogen-bond donors (Lipinski definition) is 1. The van der Waals surface area contributed by atoms with Crippen molar-refractivity contribution in [3.8, 4) is 11.5 Å². The summed E-state index contributed by atoms with van der Waals surface area (Å²) in [5, 5.41) is 0. The van der Waals surface area contributed by atoms with Gasteiger partial charge in [0.15, 0.2) is 11.5 Å². The van der Waals surface area contributed by atoms with Crippen LogP contribution in [0.25, 0.3) is 0 Å². The summed E-state index contributed by atoms with van der Waals surface area (Å²) < 4.78 is 88.0. The fourth-order valence-electron chi connectivity index (χ4n) is 2.14. The number of methoxy groups -OCH3 is 2. The van der Waals surface area contributed by atoms with Crippen molar-refractivity contribution in [3.05, 3.63) is 53.3 Å². The highest BCUT2D eigenvalue weighted by Gasteiger charge is 2.33. The Morgan fingerprint density at radius 3 is 2.19 bits per heavy atom. The van der Waals surface area contributed by atoms with Gasteiger partial charge in [0.1, 0.15) is 5.82 Å². The van der Waals surface area contributed by atoms with Crippen LogP contribution >= 0.6 is 0 Å². The Bertz CT molecular complexity index is 898. The molecule has 2 aromatic rings. The van der Waals surface area contributed by atoms with Crippen molar-refractivity contribution in [2.45, 2.75) is 17.6 Å². The van der Waals surface area contributed by atoms with Gasteiger partial charge in [0.05, 0.1) is 24.7 Å². The molecule has 142 valence electrons. The molecule has 0 aliphatic heterocycles. The first-order chi connectivity index (χ1) is 12.1. The van der Waals surface area contributed by atoms with Crippen molar-refractivity contribution in [1.29, 1.82) is 0 Å². The molecule has 1 N–H and O–H groups in total. The largest absolute Gasteiger partial charge is 0.493 e. The summed E-state index contributed by atoms with van der Waals surface area (Å²) in [7, 11) is -1.27. The summed E-state index contributed by atoms with van der Waals surface area (Å²) in [5.74, 6) is -0.951. The Balaban J connectivity index is 2.19. The van der Waals surface area contributed by atoms with Crippen LogP contribution < -0.4 is 14.2 Å². The van der Waals surface area contributed by atoms with E-state index < -0.39 is 27.6 Å². The number of benzene rings is 2. The molecule has 2 aromatic carbocycles. The molecular weight excluding hydrogens is 378 g/mol. The second-order valence-corrected chi connectivity index (χ2v) is 6.92. The fourth-order valence-corrected chi connectivity index (χ4v) is 3.18. The predicted molar refractivity (Wildman–Crippen MR) is 85.0 cm³/mol. The Morgan fingerprint density at radius 2 is 1.65 bits per heavy atom. The molecule has 0 saturated heterocycles. The maximum absolute atomic E-state index is 13.5. The van der Waals surface area contributed by atoms with Gasteiger partial charge in [-0.05, 0) is 29.8 Å². The molecule has 0 saturated carbocycles. The van der Waals surface area contributed by atoms with E-state index in [1.807, 2.05) is 0 Å². The van der Waals surface area contributed by atoms with Crippen LogP contribution in [0.2, 0.25) is 0 Å². The lowest BCUT2D eigenvalue weighted by Crippen LogP contribution is -2.23. The predicted octanol–water partition coefficient (Wildman–Crippen LogP) is 3.34. The Hall–Kier alpha value is -2.33. The standard InChI is InChI=1S/C16H15F4NO4S/c1-24-14-6-4-11(8-15(14)25-2)26(22,23)21-9-10-3-5-12(13(17)7-10)16(18,19)20/h3-8,21H,9H2,1-2H3. The zero-order chi connectivity index (χ0) is 19.5. The molecule has 0 heterocycles. The Morgan fingerprint density at radius 1 is 1.00 bits per heavy atom. The summed E-state index contributed by atoms with van der Waals surface area (Å²) in [5.41, 5.74) is -1.37. The normalized spacial score (nSPS) is 12.1. The van der Waals surface area contributed by atoms with Crippen LogP contribution in [0.3, 0.4) is 0 Å². The Kier molecular flexibility index (Phi) is 5.77. The maximum atomic E-state index is 13.5. The fraction of sp³-hybridized carbons (Fsp3) is 0.250. The van der Waals surface area contributed by atoms with E-state index in [4.69, 9.17) is 9.47 Å². The van der Waals surface area contributed by atoms with Gasteiger partial charge in [0, 0.05) is 12.6 Å². The molecule has 0 bridgehead atoms. The molecule has 0 unspecified atom stereocenters. The minimum Gasteiger partial charge on any atom is -0.493 e. The number of alkyl halides is 3. The van der Waals surface area contributed by atoms with Crippen LogP contribution in [0.15, 0.2) is 41.3 Å². The van der Waals surface area contributed by atoms with E-state index >= 15 is 0 Å². The first-order valence-corrected chi connectivity index (χ1v) is 8.64. The molecule has 2 rings (SSSR count). The van der Waals surface area contributed by atoms with Gasteiger partial charge in [-0.2, -0.15) is 13.2 Å². The van der Waals surface area contributed by atoms with E-state index in [1.54, 1.807) is 0 Å². The SMILES string of the molecule is COc1ccc(S(=O)(=O)NCc2ccc(C(F)(F)F)c(F)c2)cc1OC. The third kappa shape index (κ3) is 4.44. The lowest BCUT2D eigenvalue weighted by Gasteiger charge is -2.12. The zero-order valence-corrected chi connectivity index (χ0v) is 14.5. The Labute approximate surface area is 147 Å². The van der Waals surface area contributed by atoms with E-state index in [-0.39, 0.29) is 22.8 Å². The van der Waals surface area contributed by atoms with Gasteiger partial charge < -0.3 is 9.47 Å². The van der Waals surface area contributed by atoms with Crippen molar-refractivity contribution in [1.82, 2.24) is 4.72 Å². The minimum absolute atomic E-state index is 0.0413. The van der Waals surface area contributed by atoms with Crippen molar-refractivity contribution < 1.29 is 35.5 Å². The molecule has 0 spiro atoms. The molecule has 26 heavy (non-hydrogen) atoms. The van der Waals surface area contributed by atoms with Gasteiger partial charge in [-0.1, -0.05) is 6.07 Å². The van der Waals surface area contributed by atoms with E-state index in [0.717, 1.165) is 6.07 Å². The monoisotopic (exact) mass is 393 g/mol. The summed E-state index contributed by atoms with van der Waals surface area (Å²) in [6.07, 6.45) is -4.82. The van der Waals surface area contributed by atoms with Gasteiger partial charge in [-0.15, -0.1) is 0 Å². The van der Waals surface area contributed by atoms with Crippen LogP contribution in [0.5, 0.6) is 11.5 Å². The molecule has 0 amide bonds. The lowest BCUT2D eigenvalue weighted by molar-refractivity contribution is -0.140. The molecule has 0 aliphatic rings. The first kappa shape index (κ1) is 20.0. The van der Waals surface area contributed by atoms with Crippen molar-refractivity contribution in [2.75, 3.05) is 14.2 Å². The summed E-state index contributed by atoms with van der Waals surface area (Å²) in [6, 6.07) is 6.11. The third-order valence-electron chi connectivity index (χ3n) is 3.47. The highest BCUT2D eigenvalue weighted by molar-refractivity contribution is 7.89. The van der Waals surface area contributed by atoms with Gasteiger partial charge in [0.25, 0.3) is 0 Å². The van der Waals surface area contributed by atoms with E-state index in [9.17, 15) is 26.0 Å². The highest BCUT2D eigenvalue weighted by atomic mass is 32.2. The average molecular weight is 393 g/mol. The van der Waals surface area contributed by atoms with Gasteiger partial charge in [0.2, 0.25) is 10.0 Å². The van der Waals surface area contributed by atoms with Crippen LogP contribution in [-0.2, 0) is 22.7 Å². The first-order valence-electron chi connectivity index (χ1n) is 7.16. The van der Waals surface area contributed by atoms with Crippen LogP contribution in [-0.4, -0.2) is 22.6 Å². The van der Waals surface area contributed by atoms with E-state index in [0.29, 0.717) is 17.9 Å². The number of ether oxygens (including phenoxy) is 2. The minimum atomic E-state index is -4.82. The van der Waals surface area contributed by atoms with Gasteiger partial charge in [-0.25, -0.2) is 17.5 Å². The lowest BCUT2D eigenvalue weighted by atomic mass is 10.1. The molecule has 0 aromatic heterocycles. The van der Waals surface area contributed by atoms with E-state index in [2.05, 4.69) is 4.72 Å². The molecular formula is C16H15F4NO4S. The number of hydrogen-bond acceptors (Lipinski definition) is 4. The summed E-state index contributed by atoms with van der Waals surface area (Å²) >= 11 is 0. The number of sulfonamides is 1. The van der Waals surface area contributed by atoms with Crippen LogP contribution in [0.1, 0.15) is 11.1 Å². The average Bonchev–Trinajstić information content (AvgIpc) is 2.58. The molecule has 10 heteroatoms. The van der Waals surface area contributed by atoms with Crippen LogP contribution in [0, 0.1) is 5.82 Å². The summed E-state index contributed by atoms with van der Waals surface area (Å²) in [6.45, 7) is -0.383. The van der Waals surface area contributed by atoms with Gasteiger partial charge in [-0.3, -0.25) is 0 Å². The van der Waals surface area contributed by atoms with Crippen molar-refractivity contribution >= 4 is 10.0 Å². The summed E-state index contributed by atoms with van der Waals surface area (Å²) in [4.78, 5) is -0.137. The topological polar surface area (TPSA) is 64.6 Å². The molecule has 5 nitrogen and oxygen atoms in total. The quantitative estimate of drug-likeness (QED) is 0.765.